The van der Waals surface area contributed by atoms with Crippen LogP contribution in [-0.2, 0) is 5.54 Å². The molecule has 2 N–H and O–H groups in total. The number of nitrogens with zero attached hydrogens (tertiary/aromatic N) is 2. The van der Waals surface area contributed by atoms with Crippen molar-refractivity contribution < 1.29 is 4.52 Å². The van der Waals surface area contributed by atoms with E-state index in [9.17, 15) is 0 Å². The zero-order valence-corrected chi connectivity index (χ0v) is 11.9. The van der Waals surface area contributed by atoms with Crippen LogP contribution < -0.4 is 5.73 Å². The molecule has 100 valence electrons. The maximum absolute atomic E-state index is 6.28. The number of aromatic nitrogens is 2. The lowest BCUT2D eigenvalue weighted by atomic mass is 9.99. The highest BCUT2D eigenvalue weighted by molar-refractivity contribution is 7.17. The molecule has 0 radical (unpaired) electrons. The van der Waals surface area contributed by atoms with Crippen LogP contribution >= 0.6 is 22.9 Å². The quantitative estimate of drug-likeness (QED) is 0.938. The van der Waals surface area contributed by atoms with E-state index < -0.39 is 5.54 Å². The van der Waals surface area contributed by atoms with Crippen LogP contribution in [-0.4, -0.2) is 10.1 Å². The Balaban J connectivity index is 1.76. The van der Waals surface area contributed by atoms with Crippen LogP contribution in [0.5, 0.6) is 0 Å². The van der Waals surface area contributed by atoms with Crippen LogP contribution in [0.1, 0.15) is 42.3 Å². The topological polar surface area (TPSA) is 64.9 Å². The summed E-state index contributed by atoms with van der Waals surface area (Å²) < 4.78 is 5.98. The van der Waals surface area contributed by atoms with Crippen LogP contribution in [0, 0.1) is 0 Å². The average molecular weight is 296 g/mol. The van der Waals surface area contributed by atoms with Gasteiger partial charge in [0.1, 0.15) is 0 Å². The molecule has 1 aliphatic rings. The van der Waals surface area contributed by atoms with Gasteiger partial charge in [0, 0.05) is 11.0 Å². The lowest BCUT2D eigenvalue weighted by molar-refractivity contribution is 0.364. The van der Waals surface area contributed by atoms with Crippen molar-refractivity contribution in [3.05, 3.63) is 33.1 Å². The number of hydrogen-bond acceptors (Lipinski definition) is 5. The Morgan fingerprint density at radius 3 is 2.79 bits per heavy atom. The third-order valence-electron chi connectivity index (χ3n) is 3.37. The third-order valence-corrected chi connectivity index (χ3v) is 4.56. The van der Waals surface area contributed by atoms with Gasteiger partial charge in [0.25, 0.3) is 5.89 Å². The third kappa shape index (κ3) is 2.73. The number of hydrogen-bond donors (Lipinski definition) is 1. The van der Waals surface area contributed by atoms with E-state index in [-0.39, 0.29) is 0 Å². The van der Waals surface area contributed by atoms with Gasteiger partial charge in [0.2, 0.25) is 0 Å². The van der Waals surface area contributed by atoms with E-state index in [1.165, 1.54) is 11.3 Å². The molecule has 0 aliphatic heterocycles. The maximum atomic E-state index is 6.28. The van der Waals surface area contributed by atoms with Gasteiger partial charge in [-0.3, -0.25) is 0 Å². The van der Waals surface area contributed by atoms with Gasteiger partial charge in [0.15, 0.2) is 5.82 Å². The minimum absolute atomic E-state index is 0.401. The highest BCUT2D eigenvalue weighted by atomic mass is 35.5. The molecule has 0 bridgehead atoms. The summed E-state index contributed by atoms with van der Waals surface area (Å²) in [6.45, 7) is 0. The number of thiophene rings is 1. The van der Waals surface area contributed by atoms with Crippen molar-refractivity contribution in [2.45, 2.75) is 31.2 Å². The first-order chi connectivity index (χ1) is 9.16. The molecule has 0 spiro atoms. The molecule has 0 saturated heterocycles. The molecule has 0 aromatic carbocycles. The van der Waals surface area contributed by atoms with Crippen molar-refractivity contribution in [2.75, 3.05) is 0 Å². The summed E-state index contributed by atoms with van der Waals surface area (Å²) in [6, 6.07) is 3.81. The first-order valence-electron chi connectivity index (χ1n) is 6.22. The van der Waals surface area contributed by atoms with Gasteiger partial charge in [-0.1, -0.05) is 29.6 Å². The lowest BCUT2D eigenvalue weighted by Gasteiger charge is -2.17. The van der Waals surface area contributed by atoms with Crippen molar-refractivity contribution in [2.24, 2.45) is 5.73 Å². The predicted octanol–water partition coefficient (Wildman–Crippen LogP) is 3.68. The minimum Gasteiger partial charge on any atom is -0.335 e. The summed E-state index contributed by atoms with van der Waals surface area (Å²) in [5.74, 6) is 1.10. The van der Waals surface area contributed by atoms with Crippen LogP contribution in [0.3, 0.4) is 0 Å². The fraction of sp³-hybridized carbons (Fsp3) is 0.385. The van der Waals surface area contributed by atoms with E-state index in [2.05, 4.69) is 10.1 Å². The molecule has 1 saturated carbocycles. The second-order valence-corrected chi connectivity index (χ2v) is 6.54. The fourth-order valence-electron chi connectivity index (χ4n) is 2.31. The molecule has 2 aromatic rings. The SMILES string of the molecule is NC1(c2noc(/C=C/c3ccc(Cl)s3)n2)CCCC1. The van der Waals surface area contributed by atoms with Crippen LogP contribution in [0.4, 0.5) is 0 Å². The van der Waals surface area contributed by atoms with Crippen molar-refractivity contribution in [3.63, 3.8) is 0 Å². The number of halogens is 1. The first kappa shape index (κ1) is 12.8. The van der Waals surface area contributed by atoms with Gasteiger partial charge in [-0.15, -0.1) is 11.3 Å². The molecule has 4 nitrogen and oxygen atoms in total. The van der Waals surface area contributed by atoms with Gasteiger partial charge in [-0.2, -0.15) is 4.98 Å². The van der Waals surface area contributed by atoms with Crippen LogP contribution in [0.2, 0.25) is 4.34 Å². The molecule has 0 amide bonds. The van der Waals surface area contributed by atoms with E-state index in [4.69, 9.17) is 21.9 Å². The Kier molecular flexibility index (Phi) is 3.43. The first-order valence-corrected chi connectivity index (χ1v) is 7.42. The van der Waals surface area contributed by atoms with Gasteiger partial charge in [0.05, 0.1) is 9.88 Å². The predicted molar refractivity (Wildman–Crippen MR) is 76.9 cm³/mol. The second kappa shape index (κ2) is 5.07. The second-order valence-electron chi connectivity index (χ2n) is 4.79. The summed E-state index contributed by atoms with van der Waals surface area (Å²) in [7, 11) is 0. The molecule has 1 fully saturated rings. The molecule has 6 heteroatoms. The van der Waals surface area contributed by atoms with E-state index >= 15 is 0 Å². The van der Waals surface area contributed by atoms with Gasteiger partial charge >= 0.3 is 0 Å². The monoisotopic (exact) mass is 295 g/mol. The van der Waals surface area contributed by atoms with Crippen molar-refractivity contribution in [3.8, 4) is 0 Å². The Morgan fingerprint density at radius 1 is 1.32 bits per heavy atom. The molecule has 0 unspecified atom stereocenters. The Labute approximate surface area is 120 Å². The van der Waals surface area contributed by atoms with Crippen LogP contribution in [0.15, 0.2) is 16.7 Å². The van der Waals surface area contributed by atoms with E-state index in [0.29, 0.717) is 11.7 Å². The molecule has 0 atom stereocenters. The summed E-state index contributed by atoms with van der Waals surface area (Å²) in [5, 5.41) is 4.00. The van der Waals surface area contributed by atoms with E-state index in [1.54, 1.807) is 6.08 Å². The Bertz CT molecular complexity index is 599. The largest absolute Gasteiger partial charge is 0.335 e. The van der Waals surface area contributed by atoms with Gasteiger partial charge < -0.3 is 10.3 Å². The zero-order chi connectivity index (χ0) is 13.3. The van der Waals surface area contributed by atoms with Gasteiger partial charge in [-0.05, 0) is 31.1 Å². The summed E-state index contributed by atoms with van der Waals surface area (Å²) >= 11 is 7.37. The highest BCUT2D eigenvalue weighted by Crippen LogP contribution is 2.34. The Hall–Kier alpha value is -1.17. The fourth-order valence-corrected chi connectivity index (χ4v) is 3.27. The Morgan fingerprint density at radius 2 is 2.11 bits per heavy atom. The van der Waals surface area contributed by atoms with Crippen molar-refractivity contribution >= 4 is 35.1 Å². The summed E-state index contributed by atoms with van der Waals surface area (Å²) in [5.41, 5.74) is 5.88. The van der Waals surface area contributed by atoms with Gasteiger partial charge in [-0.25, -0.2) is 0 Å². The minimum atomic E-state index is -0.401. The van der Waals surface area contributed by atoms with E-state index in [0.717, 1.165) is 34.9 Å². The van der Waals surface area contributed by atoms with E-state index in [1.807, 2.05) is 18.2 Å². The summed E-state index contributed by atoms with van der Waals surface area (Å²) in [6.07, 6.45) is 7.81. The molecule has 2 heterocycles. The molecule has 19 heavy (non-hydrogen) atoms. The number of rotatable bonds is 3. The van der Waals surface area contributed by atoms with Crippen molar-refractivity contribution in [1.82, 2.24) is 10.1 Å². The lowest BCUT2D eigenvalue weighted by Crippen LogP contribution is -2.34. The molecular formula is C13H14ClN3OS. The zero-order valence-electron chi connectivity index (χ0n) is 10.3. The highest BCUT2D eigenvalue weighted by Gasteiger charge is 2.35. The molecule has 3 rings (SSSR count). The number of nitrogens with two attached hydrogens (primary N) is 1. The standard InChI is InChI=1S/C13H14ClN3OS/c14-10-5-3-9(19-10)4-6-11-16-12(17-18-11)13(15)7-1-2-8-13/h3-6H,1-2,7-8,15H2/b6-4+. The molecule has 1 aliphatic carbocycles. The summed E-state index contributed by atoms with van der Waals surface area (Å²) in [4.78, 5) is 5.42. The molecule has 2 aromatic heterocycles. The van der Waals surface area contributed by atoms with Crippen LogP contribution in [0.25, 0.3) is 12.2 Å². The smallest absolute Gasteiger partial charge is 0.250 e. The van der Waals surface area contributed by atoms with Crippen molar-refractivity contribution in [1.29, 1.82) is 0 Å². The average Bonchev–Trinajstić information content (AvgIpc) is 3.08. The normalized spacial score (nSPS) is 18.4. The maximum Gasteiger partial charge on any atom is 0.250 e. The molecular weight excluding hydrogens is 282 g/mol.